The molecule has 1 aromatic rings. The Balaban J connectivity index is 2.70. The monoisotopic (exact) mass is 222 g/mol. The average Bonchev–Trinajstić information content (AvgIpc) is 2.27. The second-order valence-electron chi connectivity index (χ2n) is 4.38. The molecule has 3 nitrogen and oxygen atoms in total. The Morgan fingerprint density at radius 2 is 2.12 bits per heavy atom. The van der Waals surface area contributed by atoms with Crippen molar-refractivity contribution in [2.24, 2.45) is 5.92 Å². The van der Waals surface area contributed by atoms with Gasteiger partial charge in [-0.1, -0.05) is 20.8 Å². The van der Waals surface area contributed by atoms with Crippen molar-refractivity contribution >= 4 is 5.82 Å². The van der Waals surface area contributed by atoms with Crippen molar-refractivity contribution in [3.8, 4) is 5.75 Å². The van der Waals surface area contributed by atoms with Gasteiger partial charge in [-0.05, 0) is 31.4 Å². The van der Waals surface area contributed by atoms with Crippen LogP contribution in [0.4, 0.5) is 5.82 Å². The number of aromatic nitrogens is 1. The van der Waals surface area contributed by atoms with Crippen LogP contribution in [0.15, 0.2) is 18.3 Å². The predicted molar refractivity (Wildman–Crippen MR) is 67.9 cm³/mol. The molecule has 0 aliphatic carbocycles. The molecule has 16 heavy (non-hydrogen) atoms. The summed E-state index contributed by atoms with van der Waals surface area (Å²) in [6, 6.07) is 4.24. The quantitative estimate of drug-likeness (QED) is 0.801. The Bertz CT molecular complexity index is 313. The molecule has 1 unspecified atom stereocenters. The maximum atomic E-state index is 5.64. The van der Waals surface area contributed by atoms with Gasteiger partial charge in [-0.25, -0.2) is 4.98 Å². The van der Waals surface area contributed by atoms with Crippen molar-refractivity contribution in [3.63, 3.8) is 0 Å². The van der Waals surface area contributed by atoms with Gasteiger partial charge in [0, 0.05) is 12.2 Å². The van der Waals surface area contributed by atoms with Gasteiger partial charge in [-0.2, -0.15) is 0 Å². The van der Waals surface area contributed by atoms with E-state index >= 15 is 0 Å². The van der Waals surface area contributed by atoms with E-state index in [1.165, 1.54) is 0 Å². The molecule has 0 spiro atoms. The van der Waals surface area contributed by atoms with Gasteiger partial charge in [0.2, 0.25) is 0 Å². The molecule has 1 N–H and O–H groups in total. The molecule has 3 heteroatoms. The topological polar surface area (TPSA) is 34.1 Å². The normalized spacial score (nSPS) is 12.6. The third-order valence-electron chi connectivity index (χ3n) is 2.60. The molecule has 0 saturated heterocycles. The first-order valence-electron chi connectivity index (χ1n) is 5.99. The molecule has 0 amide bonds. The molecule has 1 rings (SSSR count). The third kappa shape index (κ3) is 3.72. The summed E-state index contributed by atoms with van der Waals surface area (Å²) in [6.45, 7) is 9.36. The SMILES string of the molecule is CCCOc1cccnc1NC(C)C(C)C. The first-order valence-corrected chi connectivity index (χ1v) is 5.99. The number of hydrogen-bond donors (Lipinski definition) is 1. The number of nitrogens with zero attached hydrogens (tertiary/aromatic N) is 1. The Morgan fingerprint density at radius 3 is 2.75 bits per heavy atom. The van der Waals surface area contributed by atoms with Crippen LogP contribution in [-0.4, -0.2) is 17.6 Å². The minimum absolute atomic E-state index is 0.388. The highest BCUT2D eigenvalue weighted by Gasteiger charge is 2.10. The Hall–Kier alpha value is -1.25. The van der Waals surface area contributed by atoms with Crippen molar-refractivity contribution in [1.29, 1.82) is 0 Å². The first kappa shape index (κ1) is 12.8. The maximum absolute atomic E-state index is 5.64. The minimum atomic E-state index is 0.388. The average molecular weight is 222 g/mol. The van der Waals surface area contributed by atoms with Gasteiger partial charge in [0.05, 0.1) is 6.61 Å². The second-order valence-corrected chi connectivity index (χ2v) is 4.38. The molecule has 0 radical (unpaired) electrons. The van der Waals surface area contributed by atoms with Crippen LogP contribution in [0.5, 0.6) is 5.75 Å². The second kappa shape index (κ2) is 6.36. The molecule has 0 aliphatic rings. The van der Waals surface area contributed by atoms with Crippen LogP contribution in [-0.2, 0) is 0 Å². The van der Waals surface area contributed by atoms with Crippen LogP contribution in [0.3, 0.4) is 0 Å². The first-order chi connectivity index (χ1) is 7.65. The van der Waals surface area contributed by atoms with Gasteiger partial charge in [-0.3, -0.25) is 0 Å². The lowest BCUT2D eigenvalue weighted by Gasteiger charge is -2.19. The highest BCUT2D eigenvalue weighted by atomic mass is 16.5. The minimum Gasteiger partial charge on any atom is -0.490 e. The number of anilines is 1. The number of nitrogens with one attached hydrogen (secondary N) is 1. The van der Waals surface area contributed by atoms with E-state index in [2.05, 4.69) is 38.0 Å². The van der Waals surface area contributed by atoms with Crippen molar-refractivity contribution in [3.05, 3.63) is 18.3 Å². The fourth-order valence-corrected chi connectivity index (χ4v) is 1.21. The molecule has 1 heterocycles. The van der Waals surface area contributed by atoms with Crippen molar-refractivity contribution in [2.75, 3.05) is 11.9 Å². The molecular weight excluding hydrogens is 200 g/mol. The maximum Gasteiger partial charge on any atom is 0.168 e. The molecule has 0 fully saturated rings. The lowest BCUT2D eigenvalue weighted by molar-refractivity contribution is 0.317. The molecule has 0 bridgehead atoms. The van der Waals surface area contributed by atoms with Gasteiger partial charge in [0.1, 0.15) is 0 Å². The van der Waals surface area contributed by atoms with Gasteiger partial charge in [-0.15, -0.1) is 0 Å². The summed E-state index contributed by atoms with van der Waals surface area (Å²) in [5, 5.41) is 3.38. The lowest BCUT2D eigenvalue weighted by atomic mass is 10.1. The summed E-state index contributed by atoms with van der Waals surface area (Å²) in [4.78, 5) is 4.32. The number of hydrogen-bond acceptors (Lipinski definition) is 3. The van der Waals surface area contributed by atoms with Crippen molar-refractivity contribution in [2.45, 2.75) is 40.2 Å². The van der Waals surface area contributed by atoms with Crippen LogP contribution >= 0.6 is 0 Å². The fourth-order valence-electron chi connectivity index (χ4n) is 1.21. The Labute approximate surface area is 98.2 Å². The zero-order chi connectivity index (χ0) is 12.0. The number of rotatable bonds is 6. The van der Waals surface area contributed by atoms with Gasteiger partial charge in [0.25, 0.3) is 0 Å². The highest BCUT2D eigenvalue weighted by Crippen LogP contribution is 2.22. The zero-order valence-electron chi connectivity index (χ0n) is 10.7. The largest absolute Gasteiger partial charge is 0.490 e. The smallest absolute Gasteiger partial charge is 0.168 e. The molecule has 0 aromatic carbocycles. The van der Waals surface area contributed by atoms with E-state index in [0.717, 1.165) is 24.6 Å². The van der Waals surface area contributed by atoms with E-state index in [1.54, 1.807) is 6.20 Å². The summed E-state index contributed by atoms with van der Waals surface area (Å²) in [5.74, 6) is 2.26. The third-order valence-corrected chi connectivity index (χ3v) is 2.60. The molecule has 0 aliphatic heterocycles. The summed E-state index contributed by atoms with van der Waals surface area (Å²) in [5.41, 5.74) is 0. The van der Waals surface area contributed by atoms with Gasteiger partial charge >= 0.3 is 0 Å². The van der Waals surface area contributed by atoms with Crippen molar-refractivity contribution < 1.29 is 4.74 Å². The van der Waals surface area contributed by atoms with E-state index in [0.29, 0.717) is 12.0 Å². The lowest BCUT2D eigenvalue weighted by Crippen LogP contribution is -2.22. The Morgan fingerprint density at radius 1 is 1.38 bits per heavy atom. The van der Waals surface area contributed by atoms with Crippen molar-refractivity contribution in [1.82, 2.24) is 4.98 Å². The Kier molecular flexibility index (Phi) is 5.09. The molecule has 1 aromatic heterocycles. The van der Waals surface area contributed by atoms with E-state index in [9.17, 15) is 0 Å². The van der Waals surface area contributed by atoms with Crippen LogP contribution < -0.4 is 10.1 Å². The van der Waals surface area contributed by atoms with E-state index in [-0.39, 0.29) is 0 Å². The predicted octanol–water partition coefficient (Wildman–Crippen LogP) is 3.33. The molecule has 1 atom stereocenters. The zero-order valence-corrected chi connectivity index (χ0v) is 10.7. The van der Waals surface area contributed by atoms with Gasteiger partial charge in [0.15, 0.2) is 11.6 Å². The molecular formula is C13H22N2O. The van der Waals surface area contributed by atoms with E-state index in [1.807, 2.05) is 12.1 Å². The van der Waals surface area contributed by atoms with Crippen LogP contribution in [0, 0.1) is 5.92 Å². The standard InChI is InChI=1S/C13H22N2O/c1-5-9-16-12-7-6-8-14-13(12)15-11(4)10(2)3/h6-8,10-11H,5,9H2,1-4H3,(H,14,15). The van der Waals surface area contributed by atoms with E-state index in [4.69, 9.17) is 4.74 Å². The number of pyridine rings is 1. The summed E-state index contributed by atoms with van der Waals surface area (Å²) in [6.07, 6.45) is 2.79. The van der Waals surface area contributed by atoms with Crippen LogP contribution in [0.2, 0.25) is 0 Å². The summed E-state index contributed by atoms with van der Waals surface area (Å²) < 4.78 is 5.64. The fraction of sp³-hybridized carbons (Fsp3) is 0.615. The molecule has 90 valence electrons. The van der Waals surface area contributed by atoms with Gasteiger partial charge < -0.3 is 10.1 Å². The van der Waals surface area contributed by atoms with Crippen LogP contribution in [0.1, 0.15) is 34.1 Å². The van der Waals surface area contributed by atoms with Crippen LogP contribution in [0.25, 0.3) is 0 Å². The summed E-state index contributed by atoms with van der Waals surface area (Å²) >= 11 is 0. The molecule has 0 saturated carbocycles. The van der Waals surface area contributed by atoms with E-state index < -0.39 is 0 Å². The number of ether oxygens (including phenoxy) is 1. The highest BCUT2D eigenvalue weighted by molar-refractivity contribution is 5.50. The summed E-state index contributed by atoms with van der Waals surface area (Å²) in [7, 11) is 0.